The largest absolute Gasteiger partial charge is 0.490 e. The van der Waals surface area contributed by atoms with Crippen LogP contribution in [0.4, 0.5) is 4.79 Å². The molecule has 0 spiro atoms. The smallest absolute Gasteiger partial charge is 0.328 e. The van der Waals surface area contributed by atoms with Crippen LogP contribution in [0, 0.1) is 0 Å². The first-order valence-corrected chi connectivity index (χ1v) is 11.4. The normalized spacial score (nSPS) is 15.8. The lowest BCUT2D eigenvalue weighted by Gasteiger charge is -2.18. The predicted molar refractivity (Wildman–Crippen MR) is 125 cm³/mol. The predicted octanol–water partition coefficient (Wildman–Crippen LogP) is 5.02. The summed E-state index contributed by atoms with van der Waals surface area (Å²) in [7, 11) is 1.21. The standard InChI is InChI=1S/C23H22BrNO6S/c1-4-30-18-11-16(10-17(24)20(18)31-13-15-8-6-5-7-9-15)12-19-21(26)25(23(28)32-19)14(2)22(27)29-3/h5-12,14H,4,13H2,1-3H3/b19-12+/t14-/m1/s1. The van der Waals surface area contributed by atoms with Crippen LogP contribution in [0.15, 0.2) is 51.8 Å². The van der Waals surface area contributed by atoms with Crippen molar-refractivity contribution in [2.45, 2.75) is 26.5 Å². The molecule has 3 rings (SSSR count). The number of hydrogen-bond donors (Lipinski definition) is 0. The summed E-state index contributed by atoms with van der Waals surface area (Å²) < 4.78 is 17.0. The van der Waals surface area contributed by atoms with Crippen LogP contribution < -0.4 is 9.47 Å². The van der Waals surface area contributed by atoms with Crippen molar-refractivity contribution in [2.24, 2.45) is 0 Å². The monoisotopic (exact) mass is 519 g/mol. The molecule has 1 aliphatic heterocycles. The Balaban J connectivity index is 1.87. The van der Waals surface area contributed by atoms with E-state index in [4.69, 9.17) is 9.47 Å². The number of thioether (sulfide) groups is 1. The van der Waals surface area contributed by atoms with Crippen molar-refractivity contribution in [3.05, 3.63) is 63.0 Å². The number of methoxy groups -OCH3 is 1. The molecule has 32 heavy (non-hydrogen) atoms. The van der Waals surface area contributed by atoms with Crippen LogP contribution in [0.5, 0.6) is 11.5 Å². The molecule has 1 fully saturated rings. The second kappa shape index (κ2) is 10.7. The van der Waals surface area contributed by atoms with Crippen molar-refractivity contribution in [2.75, 3.05) is 13.7 Å². The van der Waals surface area contributed by atoms with Gasteiger partial charge in [0.25, 0.3) is 11.1 Å². The lowest BCUT2D eigenvalue weighted by molar-refractivity contribution is -0.148. The van der Waals surface area contributed by atoms with Crippen LogP contribution in [0.2, 0.25) is 0 Å². The quantitative estimate of drug-likeness (QED) is 0.357. The van der Waals surface area contributed by atoms with Crippen LogP contribution in [0.1, 0.15) is 25.0 Å². The van der Waals surface area contributed by atoms with Crippen LogP contribution in [-0.4, -0.2) is 41.8 Å². The maximum absolute atomic E-state index is 12.7. The average molecular weight is 520 g/mol. The SMILES string of the molecule is CCOc1cc(/C=C2/SC(=O)N([C@H](C)C(=O)OC)C2=O)cc(Br)c1OCc1ccccc1. The van der Waals surface area contributed by atoms with Gasteiger partial charge in [-0.2, -0.15) is 0 Å². The van der Waals surface area contributed by atoms with Gasteiger partial charge in [-0.05, 0) is 70.9 Å². The first-order chi connectivity index (χ1) is 15.3. The molecule has 0 saturated carbocycles. The Bertz CT molecular complexity index is 1060. The lowest BCUT2D eigenvalue weighted by atomic mass is 10.1. The molecule has 0 bridgehead atoms. The zero-order valence-corrected chi connectivity index (χ0v) is 20.2. The molecule has 1 atom stereocenters. The highest BCUT2D eigenvalue weighted by atomic mass is 79.9. The van der Waals surface area contributed by atoms with Crippen LogP contribution in [0.3, 0.4) is 0 Å². The number of carbonyl (C=O) groups is 3. The first kappa shape index (κ1) is 23.9. The first-order valence-electron chi connectivity index (χ1n) is 9.83. The molecule has 168 valence electrons. The summed E-state index contributed by atoms with van der Waals surface area (Å²) in [4.78, 5) is 38.0. The second-order valence-corrected chi connectivity index (χ2v) is 8.64. The van der Waals surface area contributed by atoms with E-state index in [1.54, 1.807) is 18.2 Å². The summed E-state index contributed by atoms with van der Waals surface area (Å²) in [5.74, 6) is -0.155. The van der Waals surface area contributed by atoms with Crippen molar-refractivity contribution in [3.63, 3.8) is 0 Å². The van der Waals surface area contributed by atoms with Crippen molar-refractivity contribution in [3.8, 4) is 11.5 Å². The Morgan fingerprint density at radius 1 is 1.19 bits per heavy atom. The second-order valence-electron chi connectivity index (χ2n) is 6.79. The fraction of sp³-hybridized carbons (Fsp3) is 0.261. The Kier molecular flexibility index (Phi) is 7.98. The molecule has 9 heteroatoms. The molecule has 0 aliphatic carbocycles. The summed E-state index contributed by atoms with van der Waals surface area (Å²) in [6, 6.07) is 12.3. The van der Waals surface area contributed by atoms with E-state index in [-0.39, 0.29) is 4.91 Å². The van der Waals surface area contributed by atoms with Gasteiger partial charge in [0.1, 0.15) is 12.6 Å². The van der Waals surface area contributed by atoms with E-state index in [9.17, 15) is 14.4 Å². The van der Waals surface area contributed by atoms with E-state index >= 15 is 0 Å². The van der Waals surface area contributed by atoms with Gasteiger partial charge in [-0.3, -0.25) is 14.5 Å². The maximum Gasteiger partial charge on any atom is 0.328 e. The summed E-state index contributed by atoms with van der Waals surface area (Å²) in [5, 5.41) is -0.522. The van der Waals surface area contributed by atoms with Gasteiger partial charge in [0.2, 0.25) is 0 Å². The van der Waals surface area contributed by atoms with E-state index < -0.39 is 23.2 Å². The summed E-state index contributed by atoms with van der Waals surface area (Å²) in [5.41, 5.74) is 1.66. The molecular formula is C23H22BrNO6S. The van der Waals surface area contributed by atoms with Gasteiger partial charge in [-0.15, -0.1) is 0 Å². The van der Waals surface area contributed by atoms with Crippen molar-refractivity contribution >= 4 is 50.9 Å². The van der Waals surface area contributed by atoms with Gasteiger partial charge in [-0.25, -0.2) is 4.79 Å². The van der Waals surface area contributed by atoms with Crippen molar-refractivity contribution in [1.29, 1.82) is 0 Å². The van der Waals surface area contributed by atoms with E-state index in [0.717, 1.165) is 22.2 Å². The number of nitrogens with zero attached hydrogens (tertiary/aromatic N) is 1. The summed E-state index contributed by atoms with van der Waals surface area (Å²) in [6.07, 6.45) is 1.59. The lowest BCUT2D eigenvalue weighted by Crippen LogP contribution is -2.42. The van der Waals surface area contributed by atoms with Gasteiger partial charge < -0.3 is 14.2 Å². The van der Waals surface area contributed by atoms with E-state index in [2.05, 4.69) is 20.7 Å². The van der Waals surface area contributed by atoms with Crippen molar-refractivity contribution < 1.29 is 28.6 Å². The molecule has 1 saturated heterocycles. The highest BCUT2D eigenvalue weighted by Gasteiger charge is 2.41. The number of ether oxygens (including phenoxy) is 3. The number of imide groups is 1. The Morgan fingerprint density at radius 2 is 1.91 bits per heavy atom. The highest BCUT2D eigenvalue weighted by molar-refractivity contribution is 9.10. The molecular weight excluding hydrogens is 498 g/mol. The zero-order valence-electron chi connectivity index (χ0n) is 17.8. The molecule has 0 unspecified atom stereocenters. The van der Waals surface area contributed by atoms with Gasteiger partial charge in [0, 0.05) is 0 Å². The minimum Gasteiger partial charge on any atom is -0.490 e. The highest BCUT2D eigenvalue weighted by Crippen LogP contribution is 2.40. The molecule has 1 aliphatic rings. The van der Waals surface area contributed by atoms with Crippen LogP contribution in [-0.2, 0) is 20.9 Å². The zero-order chi connectivity index (χ0) is 23.3. The van der Waals surface area contributed by atoms with E-state index in [1.165, 1.54) is 14.0 Å². The Morgan fingerprint density at radius 3 is 2.56 bits per heavy atom. The molecule has 2 aromatic carbocycles. The molecule has 0 aromatic heterocycles. The number of carbonyl (C=O) groups excluding carboxylic acids is 3. The number of amides is 2. The topological polar surface area (TPSA) is 82.1 Å². The maximum atomic E-state index is 12.7. The van der Waals surface area contributed by atoms with Gasteiger partial charge in [-0.1, -0.05) is 30.3 Å². The minimum atomic E-state index is -1.00. The molecule has 1 heterocycles. The van der Waals surface area contributed by atoms with E-state index in [0.29, 0.717) is 34.7 Å². The molecule has 7 nitrogen and oxygen atoms in total. The molecule has 2 aromatic rings. The van der Waals surface area contributed by atoms with Gasteiger partial charge in [0.15, 0.2) is 11.5 Å². The third kappa shape index (κ3) is 5.34. The molecule has 0 N–H and O–H groups in total. The van der Waals surface area contributed by atoms with Crippen molar-refractivity contribution in [1.82, 2.24) is 4.90 Å². The number of hydrogen-bond acceptors (Lipinski definition) is 7. The van der Waals surface area contributed by atoms with E-state index in [1.807, 2.05) is 37.3 Å². The summed E-state index contributed by atoms with van der Waals surface area (Å²) in [6.45, 7) is 4.10. The third-order valence-electron chi connectivity index (χ3n) is 4.61. The number of halogens is 1. The number of rotatable bonds is 8. The molecule has 0 radical (unpaired) electrons. The Labute approximate surface area is 198 Å². The average Bonchev–Trinajstić information content (AvgIpc) is 3.05. The van der Waals surface area contributed by atoms with Crippen LogP contribution in [0.25, 0.3) is 6.08 Å². The molecule has 2 amide bonds. The minimum absolute atomic E-state index is 0.207. The number of esters is 1. The Hall–Kier alpha value is -2.78. The van der Waals surface area contributed by atoms with Gasteiger partial charge >= 0.3 is 5.97 Å². The summed E-state index contributed by atoms with van der Waals surface area (Å²) >= 11 is 4.29. The number of benzene rings is 2. The van der Waals surface area contributed by atoms with Gasteiger partial charge in [0.05, 0.1) is 23.1 Å². The fourth-order valence-electron chi connectivity index (χ4n) is 3.05. The van der Waals surface area contributed by atoms with Crippen LogP contribution >= 0.6 is 27.7 Å². The fourth-order valence-corrected chi connectivity index (χ4v) is 4.53. The third-order valence-corrected chi connectivity index (χ3v) is 6.08.